The first-order valence-electron chi connectivity index (χ1n) is 11.3. The fraction of sp³-hybridized carbons (Fsp3) is 0.148. The van der Waals surface area contributed by atoms with E-state index in [1.54, 1.807) is 36.4 Å². The van der Waals surface area contributed by atoms with Gasteiger partial charge in [-0.05, 0) is 85.9 Å². The molecule has 0 bridgehead atoms. The molecule has 37 heavy (non-hydrogen) atoms. The molecule has 0 aliphatic carbocycles. The predicted octanol–water partition coefficient (Wildman–Crippen LogP) is 6.86. The van der Waals surface area contributed by atoms with Crippen molar-refractivity contribution < 1.29 is 23.9 Å². The van der Waals surface area contributed by atoms with Gasteiger partial charge in [-0.25, -0.2) is 0 Å². The first-order chi connectivity index (χ1) is 17.9. The van der Waals surface area contributed by atoms with Gasteiger partial charge in [-0.3, -0.25) is 19.3 Å². The quantitative estimate of drug-likeness (QED) is 0.256. The predicted molar refractivity (Wildman–Crippen MR) is 152 cm³/mol. The lowest BCUT2D eigenvalue weighted by Gasteiger charge is -2.17. The van der Waals surface area contributed by atoms with E-state index in [2.05, 4.69) is 37.2 Å². The summed E-state index contributed by atoms with van der Waals surface area (Å²) >= 11 is 7.92. The Bertz CT molecular complexity index is 1350. The summed E-state index contributed by atoms with van der Waals surface area (Å²) < 4.78 is 13.1. The number of rotatable bonds is 9. The average molecular weight is 646 g/mol. The molecule has 1 N–H and O–H groups in total. The third-order valence-electron chi connectivity index (χ3n) is 5.20. The van der Waals surface area contributed by atoms with E-state index in [1.165, 1.54) is 0 Å². The molecule has 1 heterocycles. The number of nitrogens with one attached hydrogen (secondary N) is 1. The van der Waals surface area contributed by atoms with Crippen LogP contribution < -0.4 is 14.8 Å². The first-order valence-corrected chi connectivity index (χ1v) is 13.7. The summed E-state index contributed by atoms with van der Waals surface area (Å²) in [6.07, 6.45) is 1.60. The van der Waals surface area contributed by atoms with E-state index >= 15 is 0 Å². The molecule has 0 aromatic heterocycles. The lowest BCUT2D eigenvalue weighted by Crippen LogP contribution is -2.36. The van der Waals surface area contributed by atoms with Gasteiger partial charge in [0, 0.05) is 10.2 Å². The van der Waals surface area contributed by atoms with E-state index in [1.807, 2.05) is 43.3 Å². The van der Waals surface area contributed by atoms with Crippen molar-refractivity contribution in [2.75, 3.05) is 18.5 Å². The van der Waals surface area contributed by atoms with Gasteiger partial charge in [-0.2, -0.15) is 0 Å². The maximum Gasteiger partial charge on any atom is 0.294 e. The number of amides is 3. The van der Waals surface area contributed by atoms with E-state index < -0.39 is 17.1 Å². The summed E-state index contributed by atoms with van der Waals surface area (Å²) in [5, 5.41) is 2.17. The highest BCUT2D eigenvalue weighted by atomic mass is 79.9. The third kappa shape index (κ3) is 6.63. The maximum absolute atomic E-state index is 13.0. The minimum Gasteiger partial charge on any atom is -0.490 e. The van der Waals surface area contributed by atoms with Gasteiger partial charge in [0.05, 0.1) is 16.0 Å². The molecule has 7 nitrogen and oxygen atoms in total. The Hall–Kier alpha value is -3.08. The summed E-state index contributed by atoms with van der Waals surface area (Å²) in [6.45, 7) is 2.23. The number of carbonyl (C=O) groups is 3. The van der Waals surface area contributed by atoms with Crippen LogP contribution in [0, 0.1) is 0 Å². The Labute approximate surface area is 235 Å². The Morgan fingerprint density at radius 2 is 1.68 bits per heavy atom. The molecule has 0 spiro atoms. The van der Waals surface area contributed by atoms with Crippen LogP contribution >= 0.6 is 43.6 Å². The molecule has 0 unspecified atom stereocenters. The molecule has 4 rings (SSSR count). The highest BCUT2D eigenvalue weighted by molar-refractivity contribution is 9.13. The van der Waals surface area contributed by atoms with Crippen LogP contribution in [0.5, 0.6) is 11.5 Å². The Kier molecular flexibility index (Phi) is 9.07. The van der Waals surface area contributed by atoms with Gasteiger partial charge < -0.3 is 14.8 Å². The number of ether oxygens (including phenoxy) is 2. The molecule has 190 valence electrons. The van der Waals surface area contributed by atoms with E-state index in [4.69, 9.17) is 9.47 Å². The zero-order valence-electron chi connectivity index (χ0n) is 19.7. The number of nitrogens with zero attached hydrogens (tertiary/aromatic N) is 1. The smallest absolute Gasteiger partial charge is 0.294 e. The second-order valence-corrected chi connectivity index (χ2v) is 10.4. The van der Waals surface area contributed by atoms with Crippen LogP contribution in [0.1, 0.15) is 18.1 Å². The van der Waals surface area contributed by atoms with Gasteiger partial charge in [-0.1, -0.05) is 48.5 Å². The van der Waals surface area contributed by atoms with Crippen LogP contribution in [0.3, 0.4) is 0 Å². The normalized spacial score (nSPS) is 14.2. The van der Waals surface area contributed by atoms with Gasteiger partial charge in [-0.15, -0.1) is 0 Å². The number of para-hydroxylation sites is 1. The lowest BCUT2D eigenvalue weighted by molar-refractivity contribution is -0.127. The number of thioether (sulfide) groups is 1. The van der Waals surface area contributed by atoms with Crippen molar-refractivity contribution in [2.45, 2.75) is 13.5 Å². The summed E-state index contributed by atoms with van der Waals surface area (Å²) in [5.74, 6) is 0.00228. The van der Waals surface area contributed by atoms with Crippen LogP contribution in [-0.2, 0) is 16.2 Å². The van der Waals surface area contributed by atoms with Crippen molar-refractivity contribution in [1.82, 2.24) is 4.90 Å². The number of hydrogen-bond acceptors (Lipinski definition) is 6. The Morgan fingerprint density at radius 3 is 2.35 bits per heavy atom. The van der Waals surface area contributed by atoms with Gasteiger partial charge in [0.2, 0.25) is 5.91 Å². The van der Waals surface area contributed by atoms with Crippen molar-refractivity contribution in [2.24, 2.45) is 0 Å². The molecular formula is C27H22Br2N2O5S. The van der Waals surface area contributed by atoms with Crippen LogP contribution in [-0.4, -0.2) is 35.1 Å². The Balaban J connectivity index is 1.54. The van der Waals surface area contributed by atoms with Crippen LogP contribution in [0.2, 0.25) is 0 Å². The fourth-order valence-corrected chi connectivity index (χ4v) is 5.26. The van der Waals surface area contributed by atoms with Crippen molar-refractivity contribution in [3.8, 4) is 11.5 Å². The van der Waals surface area contributed by atoms with Crippen LogP contribution in [0.25, 0.3) is 6.08 Å². The highest BCUT2D eigenvalue weighted by Gasteiger charge is 2.36. The van der Waals surface area contributed by atoms with Gasteiger partial charge in [0.25, 0.3) is 11.1 Å². The topological polar surface area (TPSA) is 84.9 Å². The molecule has 0 atom stereocenters. The molecule has 1 aliphatic heterocycles. The molecule has 0 radical (unpaired) electrons. The zero-order chi connectivity index (χ0) is 26.4. The van der Waals surface area contributed by atoms with Crippen molar-refractivity contribution >= 4 is 72.4 Å². The minimum absolute atomic E-state index is 0.200. The van der Waals surface area contributed by atoms with E-state index in [9.17, 15) is 14.4 Å². The van der Waals surface area contributed by atoms with Crippen LogP contribution in [0.15, 0.2) is 80.6 Å². The number of imide groups is 1. The molecule has 3 aromatic carbocycles. The lowest BCUT2D eigenvalue weighted by atomic mass is 10.1. The molecular weight excluding hydrogens is 624 g/mol. The number of carbonyl (C=O) groups excluding carboxylic acids is 3. The third-order valence-corrected chi connectivity index (χ3v) is 8.25. The van der Waals surface area contributed by atoms with Gasteiger partial charge in [0.15, 0.2) is 11.5 Å². The second-order valence-electron chi connectivity index (χ2n) is 7.81. The first kappa shape index (κ1) is 27.0. The largest absolute Gasteiger partial charge is 0.490 e. The molecule has 10 heteroatoms. The number of hydrogen-bond donors (Lipinski definition) is 1. The average Bonchev–Trinajstić information content (AvgIpc) is 3.15. The van der Waals surface area contributed by atoms with Crippen molar-refractivity contribution in [3.05, 3.63) is 91.7 Å². The summed E-state index contributed by atoms with van der Waals surface area (Å²) in [7, 11) is 0. The number of anilines is 1. The summed E-state index contributed by atoms with van der Waals surface area (Å²) in [4.78, 5) is 39.1. The van der Waals surface area contributed by atoms with E-state index in [-0.39, 0.29) is 11.4 Å². The molecule has 3 amide bonds. The SMILES string of the molecule is CCOc1cc(/C=C2\SC(=O)N(CC(=O)Nc3ccccc3)C2=O)c(Br)c(Br)c1OCc1ccccc1. The Morgan fingerprint density at radius 1 is 1.00 bits per heavy atom. The van der Waals surface area contributed by atoms with Gasteiger partial charge in [0.1, 0.15) is 13.2 Å². The molecule has 1 fully saturated rings. The number of halogens is 2. The standard InChI is InChI=1S/C27H22Br2N2O5S/c1-2-35-20-13-18(23(28)24(29)25(20)36-16-17-9-5-3-6-10-17)14-21-26(33)31(27(34)37-21)15-22(32)30-19-11-7-4-8-12-19/h3-14H,2,15-16H2,1H3,(H,30,32)/b21-14-. The highest BCUT2D eigenvalue weighted by Crippen LogP contribution is 2.45. The summed E-state index contributed by atoms with van der Waals surface area (Å²) in [6, 6.07) is 20.3. The fourth-order valence-electron chi connectivity index (χ4n) is 3.48. The maximum atomic E-state index is 13.0. The second kappa shape index (κ2) is 12.4. The number of benzene rings is 3. The van der Waals surface area contributed by atoms with Gasteiger partial charge >= 0.3 is 0 Å². The summed E-state index contributed by atoms with van der Waals surface area (Å²) in [5.41, 5.74) is 2.20. The van der Waals surface area contributed by atoms with Crippen LogP contribution in [0.4, 0.5) is 10.5 Å². The molecule has 1 aliphatic rings. The molecule has 3 aromatic rings. The monoisotopic (exact) mass is 644 g/mol. The molecule has 1 saturated heterocycles. The molecule has 0 saturated carbocycles. The van der Waals surface area contributed by atoms with E-state index in [0.29, 0.717) is 44.9 Å². The van der Waals surface area contributed by atoms with Crippen molar-refractivity contribution in [3.63, 3.8) is 0 Å². The van der Waals surface area contributed by atoms with Crippen molar-refractivity contribution in [1.29, 1.82) is 0 Å². The zero-order valence-corrected chi connectivity index (χ0v) is 23.7. The minimum atomic E-state index is -0.538. The van der Waals surface area contributed by atoms with E-state index in [0.717, 1.165) is 22.2 Å².